The fraction of sp³-hybridized carbons (Fsp3) is 1.00. The first-order chi connectivity index (χ1) is 7.36. The van der Waals surface area contributed by atoms with Crippen LogP contribution >= 0.6 is 23.5 Å². The maximum absolute atomic E-state index is 3.74. The predicted molar refractivity (Wildman–Crippen MR) is 75.2 cm³/mol. The van der Waals surface area contributed by atoms with Crippen LogP contribution < -0.4 is 5.32 Å². The normalized spacial score (nSPS) is 24.0. The number of rotatable bonds is 7. The second-order valence-corrected chi connectivity index (χ2v) is 6.78. The molecule has 0 aromatic carbocycles. The highest BCUT2D eigenvalue weighted by molar-refractivity contribution is 8.06. The quantitative estimate of drug-likeness (QED) is 0.740. The van der Waals surface area contributed by atoms with E-state index in [0.717, 1.165) is 11.3 Å². The molecule has 0 bridgehead atoms. The molecule has 1 aliphatic rings. The van der Waals surface area contributed by atoms with Gasteiger partial charge in [-0.3, -0.25) is 0 Å². The summed E-state index contributed by atoms with van der Waals surface area (Å²) in [7, 11) is 0. The molecule has 3 heteroatoms. The maximum atomic E-state index is 3.74. The third-order valence-corrected chi connectivity index (χ3v) is 5.76. The van der Waals surface area contributed by atoms with E-state index in [4.69, 9.17) is 0 Å². The zero-order chi connectivity index (χ0) is 10.9. The lowest BCUT2D eigenvalue weighted by Gasteiger charge is -2.24. The largest absolute Gasteiger partial charge is 0.313 e. The van der Waals surface area contributed by atoms with E-state index in [1.807, 2.05) is 0 Å². The van der Waals surface area contributed by atoms with Crippen LogP contribution in [0.3, 0.4) is 0 Å². The van der Waals surface area contributed by atoms with E-state index in [9.17, 15) is 0 Å². The van der Waals surface area contributed by atoms with Crippen molar-refractivity contribution < 1.29 is 0 Å². The molecule has 1 heterocycles. The lowest BCUT2D eigenvalue weighted by Crippen LogP contribution is -2.36. The summed E-state index contributed by atoms with van der Waals surface area (Å²) >= 11 is 4.28. The third-order valence-electron chi connectivity index (χ3n) is 2.92. The molecule has 1 N–H and O–H groups in total. The van der Waals surface area contributed by atoms with Crippen LogP contribution in [-0.2, 0) is 0 Å². The van der Waals surface area contributed by atoms with E-state index in [-0.39, 0.29) is 0 Å². The summed E-state index contributed by atoms with van der Waals surface area (Å²) in [5, 5.41) is 4.60. The number of hydrogen-bond acceptors (Lipinski definition) is 3. The van der Waals surface area contributed by atoms with Crippen molar-refractivity contribution in [1.29, 1.82) is 0 Å². The van der Waals surface area contributed by atoms with Crippen molar-refractivity contribution in [2.75, 3.05) is 23.8 Å². The van der Waals surface area contributed by atoms with E-state index in [1.54, 1.807) is 0 Å². The van der Waals surface area contributed by atoms with Gasteiger partial charge in [0.2, 0.25) is 0 Å². The Hall–Kier alpha value is 0.660. The lowest BCUT2D eigenvalue weighted by molar-refractivity contribution is 0.456. The van der Waals surface area contributed by atoms with Gasteiger partial charge in [-0.1, -0.05) is 26.7 Å². The van der Waals surface area contributed by atoms with Gasteiger partial charge in [0.1, 0.15) is 0 Å². The van der Waals surface area contributed by atoms with Crippen molar-refractivity contribution in [3.8, 4) is 0 Å². The van der Waals surface area contributed by atoms with Crippen LogP contribution in [0.1, 0.15) is 39.5 Å². The van der Waals surface area contributed by atoms with Crippen LogP contribution in [-0.4, -0.2) is 35.1 Å². The van der Waals surface area contributed by atoms with Gasteiger partial charge in [0, 0.05) is 35.1 Å². The first kappa shape index (κ1) is 13.7. The molecule has 90 valence electrons. The van der Waals surface area contributed by atoms with Gasteiger partial charge in [-0.25, -0.2) is 0 Å². The van der Waals surface area contributed by atoms with E-state index in [1.165, 1.54) is 49.5 Å². The Morgan fingerprint density at radius 3 is 2.80 bits per heavy atom. The molecule has 1 rings (SSSR count). The van der Waals surface area contributed by atoms with Crippen molar-refractivity contribution in [3.05, 3.63) is 0 Å². The summed E-state index contributed by atoms with van der Waals surface area (Å²) < 4.78 is 0. The van der Waals surface area contributed by atoms with Gasteiger partial charge < -0.3 is 5.32 Å². The van der Waals surface area contributed by atoms with Crippen molar-refractivity contribution in [3.63, 3.8) is 0 Å². The average Bonchev–Trinajstić information content (AvgIpc) is 2.31. The Morgan fingerprint density at radius 2 is 2.20 bits per heavy atom. The minimum Gasteiger partial charge on any atom is -0.313 e. The number of hydrogen-bond donors (Lipinski definition) is 1. The van der Waals surface area contributed by atoms with Gasteiger partial charge in [0.15, 0.2) is 0 Å². The highest BCUT2D eigenvalue weighted by Gasteiger charge is 2.15. The summed E-state index contributed by atoms with van der Waals surface area (Å²) in [6.45, 7) is 5.80. The van der Waals surface area contributed by atoms with Crippen molar-refractivity contribution in [2.45, 2.75) is 50.8 Å². The van der Waals surface area contributed by atoms with Gasteiger partial charge in [-0.05, 0) is 12.8 Å². The molecule has 0 aliphatic carbocycles. The maximum Gasteiger partial charge on any atom is 0.0263 e. The minimum absolute atomic E-state index is 0.762. The lowest BCUT2D eigenvalue weighted by atomic mass is 10.1. The number of nitrogens with one attached hydrogen (secondary N) is 1. The molecule has 1 fully saturated rings. The first-order valence-corrected chi connectivity index (χ1v) is 8.49. The molecule has 0 aromatic heterocycles. The van der Waals surface area contributed by atoms with Crippen molar-refractivity contribution in [1.82, 2.24) is 5.32 Å². The SMILES string of the molecule is CCCCC(CC)NCC1CSCCS1. The van der Waals surface area contributed by atoms with Gasteiger partial charge in [0.05, 0.1) is 0 Å². The van der Waals surface area contributed by atoms with Gasteiger partial charge in [-0.2, -0.15) is 23.5 Å². The molecule has 1 aliphatic heterocycles. The predicted octanol–water partition coefficient (Wildman–Crippen LogP) is 3.39. The molecule has 2 atom stereocenters. The average molecular weight is 247 g/mol. The molecular weight excluding hydrogens is 222 g/mol. The summed E-state index contributed by atoms with van der Waals surface area (Å²) in [4.78, 5) is 0. The fourth-order valence-electron chi connectivity index (χ4n) is 1.85. The Balaban J connectivity index is 2.09. The van der Waals surface area contributed by atoms with Crippen LogP contribution in [0, 0.1) is 0 Å². The molecular formula is C12H25NS2. The van der Waals surface area contributed by atoms with Gasteiger partial charge >= 0.3 is 0 Å². The van der Waals surface area contributed by atoms with Crippen LogP contribution in [0.15, 0.2) is 0 Å². The smallest absolute Gasteiger partial charge is 0.0263 e. The Kier molecular flexibility index (Phi) is 8.02. The molecule has 0 saturated carbocycles. The van der Waals surface area contributed by atoms with Crippen LogP contribution in [0.25, 0.3) is 0 Å². The zero-order valence-corrected chi connectivity index (χ0v) is 11.8. The van der Waals surface area contributed by atoms with E-state index < -0.39 is 0 Å². The summed E-state index contributed by atoms with van der Waals surface area (Å²) in [5.41, 5.74) is 0. The Morgan fingerprint density at radius 1 is 1.33 bits per heavy atom. The standard InChI is InChI=1S/C12H25NS2/c1-3-5-6-11(4-2)13-9-12-10-14-7-8-15-12/h11-13H,3-10H2,1-2H3. The molecule has 15 heavy (non-hydrogen) atoms. The van der Waals surface area contributed by atoms with E-state index >= 15 is 0 Å². The summed E-state index contributed by atoms with van der Waals surface area (Å²) in [6, 6.07) is 0.762. The highest BCUT2D eigenvalue weighted by Crippen LogP contribution is 2.23. The van der Waals surface area contributed by atoms with Crippen molar-refractivity contribution >= 4 is 23.5 Å². The van der Waals surface area contributed by atoms with Crippen molar-refractivity contribution in [2.24, 2.45) is 0 Å². The Bertz CT molecular complexity index is 147. The van der Waals surface area contributed by atoms with E-state index in [2.05, 4.69) is 42.7 Å². The molecule has 0 radical (unpaired) electrons. The highest BCUT2D eigenvalue weighted by atomic mass is 32.2. The first-order valence-electron chi connectivity index (χ1n) is 6.29. The molecule has 0 spiro atoms. The second-order valence-electron chi connectivity index (χ2n) is 4.22. The molecule has 1 saturated heterocycles. The Labute approximate surface area is 104 Å². The van der Waals surface area contributed by atoms with Crippen LogP contribution in [0.2, 0.25) is 0 Å². The third kappa shape index (κ3) is 6.08. The van der Waals surface area contributed by atoms with Gasteiger partial charge in [-0.15, -0.1) is 0 Å². The molecule has 0 aromatic rings. The number of unbranched alkanes of at least 4 members (excludes halogenated alkanes) is 1. The molecule has 2 unspecified atom stereocenters. The molecule has 0 amide bonds. The monoisotopic (exact) mass is 247 g/mol. The van der Waals surface area contributed by atoms with Crippen LogP contribution in [0.4, 0.5) is 0 Å². The van der Waals surface area contributed by atoms with Crippen LogP contribution in [0.5, 0.6) is 0 Å². The minimum atomic E-state index is 0.762. The molecule has 1 nitrogen and oxygen atoms in total. The zero-order valence-electron chi connectivity index (χ0n) is 10.1. The summed E-state index contributed by atoms with van der Waals surface area (Å²) in [5.74, 6) is 4.05. The van der Waals surface area contributed by atoms with E-state index in [0.29, 0.717) is 0 Å². The fourth-order valence-corrected chi connectivity index (χ4v) is 4.48. The number of thioether (sulfide) groups is 2. The topological polar surface area (TPSA) is 12.0 Å². The van der Waals surface area contributed by atoms with Gasteiger partial charge in [0.25, 0.3) is 0 Å². The second kappa shape index (κ2) is 8.77. The summed E-state index contributed by atoms with van der Waals surface area (Å²) in [6.07, 6.45) is 5.34.